The molecular formula is C64H73FN10O8S. The molecule has 1 aliphatic carbocycles. The number of carbonyl (C=O) groups excluding carboxylic acids is 6. The lowest BCUT2D eigenvalue weighted by Crippen LogP contribution is -2.58. The summed E-state index contributed by atoms with van der Waals surface area (Å²) in [6.45, 7) is 13.0. The molecule has 0 spiro atoms. The zero-order valence-corrected chi connectivity index (χ0v) is 49.4. The Morgan fingerprint density at radius 2 is 1.50 bits per heavy atom. The van der Waals surface area contributed by atoms with Crippen LogP contribution in [0, 0.1) is 23.6 Å². The van der Waals surface area contributed by atoms with Gasteiger partial charge in [0, 0.05) is 79.3 Å². The molecule has 2 atom stereocenters. The fourth-order valence-corrected chi connectivity index (χ4v) is 11.3. The Bertz CT molecular complexity index is 3500. The van der Waals surface area contributed by atoms with Crippen molar-refractivity contribution in [1.82, 2.24) is 40.2 Å². The second-order valence-corrected chi connectivity index (χ2v) is 23.6. The molecule has 1 saturated carbocycles. The van der Waals surface area contributed by atoms with Gasteiger partial charge in [-0.3, -0.25) is 38.4 Å². The Balaban J connectivity index is 0.703. The zero-order chi connectivity index (χ0) is 59.7. The highest BCUT2D eigenvalue weighted by Crippen LogP contribution is 2.48. The summed E-state index contributed by atoms with van der Waals surface area (Å²) in [5, 5.41) is 17.0. The second-order valence-electron chi connectivity index (χ2n) is 22.7. The molecule has 0 bridgehead atoms. The normalized spacial score (nSPS) is 14.7. The van der Waals surface area contributed by atoms with E-state index in [1.54, 1.807) is 61.9 Å². The van der Waals surface area contributed by atoms with Crippen LogP contribution in [-0.4, -0.2) is 104 Å². The van der Waals surface area contributed by atoms with Crippen molar-refractivity contribution < 1.29 is 42.6 Å². The van der Waals surface area contributed by atoms with Crippen LogP contribution in [0.15, 0.2) is 115 Å². The Morgan fingerprint density at radius 1 is 0.833 bits per heavy atom. The van der Waals surface area contributed by atoms with E-state index in [-0.39, 0.29) is 36.1 Å². The highest BCUT2D eigenvalue weighted by molar-refractivity contribution is 7.13. The number of likely N-dealkylation sites (N-methyl/N-ethyl adjacent to an activating group) is 1. The van der Waals surface area contributed by atoms with Crippen molar-refractivity contribution in [3.63, 3.8) is 0 Å². The number of thiazole rings is 1. The number of ether oxygens (including phenoxy) is 2. The first-order valence-corrected chi connectivity index (χ1v) is 29.5. The van der Waals surface area contributed by atoms with Crippen molar-refractivity contribution in [2.24, 2.45) is 10.8 Å². The molecule has 20 heteroatoms. The van der Waals surface area contributed by atoms with Gasteiger partial charge < -0.3 is 40.5 Å². The molecule has 0 unspecified atom stereocenters. The van der Waals surface area contributed by atoms with Gasteiger partial charge in [0.25, 0.3) is 0 Å². The molecule has 1 aliphatic heterocycles. The summed E-state index contributed by atoms with van der Waals surface area (Å²) in [6.07, 6.45) is 10.2. The minimum absolute atomic E-state index is 0.0861. The van der Waals surface area contributed by atoms with Crippen LogP contribution in [0.3, 0.4) is 0 Å². The molecule has 2 aliphatic rings. The lowest BCUT2D eigenvalue weighted by molar-refractivity contribution is -0.145. The average molecular weight is 1160 g/mol. The quantitative estimate of drug-likeness (QED) is 0.0349. The number of hydrogen-bond donors (Lipinski definition) is 4. The molecule has 2 fully saturated rings. The molecule has 4 N–H and O–H groups in total. The van der Waals surface area contributed by atoms with Crippen molar-refractivity contribution in [2.45, 2.75) is 124 Å². The smallest absolute Gasteiger partial charge is 0.246 e. The van der Waals surface area contributed by atoms with Gasteiger partial charge in [0.05, 0.1) is 40.9 Å². The number of rotatable bonds is 23. The third-order valence-corrected chi connectivity index (χ3v) is 16.8. The average Bonchev–Trinajstić information content (AvgIpc) is 2.55. The number of nitrogens with one attached hydrogen (secondary N) is 4. The van der Waals surface area contributed by atoms with E-state index in [4.69, 9.17) is 14.6 Å². The number of anilines is 2. The van der Waals surface area contributed by atoms with E-state index in [1.165, 1.54) is 29.2 Å². The van der Waals surface area contributed by atoms with E-state index < -0.39 is 40.5 Å². The van der Waals surface area contributed by atoms with E-state index in [1.807, 2.05) is 98.5 Å². The lowest BCUT2D eigenvalue weighted by Gasteiger charge is -2.36. The van der Waals surface area contributed by atoms with E-state index in [2.05, 4.69) is 31.2 Å². The van der Waals surface area contributed by atoms with Gasteiger partial charge >= 0.3 is 0 Å². The number of hydrogen-bond acceptors (Lipinski definition) is 12. The Kier molecular flexibility index (Phi) is 18.9. The summed E-state index contributed by atoms with van der Waals surface area (Å²) in [7, 11) is 1.61. The highest BCUT2D eigenvalue weighted by atomic mass is 32.1. The first kappa shape index (κ1) is 60.1. The molecule has 4 aromatic carbocycles. The number of unbranched alkanes of at least 4 members (excludes halogenated alkanes) is 2. The van der Waals surface area contributed by atoms with Crippen molar-refractivity contribution in [3.05, 3.63) is 132 Å². The number of benzene rings is 4. The Hall–Kier alpha value is -8.52. The molecular weight excluding hydrogens is 1090 g/mol. The molecule has 6 amide bonds. The third-order valence-electron chi connectivity index (χ3n) is 15.8. The van der Waals surface area contributed by atoms with Crippen LogP contribution < -0.4 is 30.7 Å². The number of pyridine rings is 1. The minimum atomic E-state index is -1.20. The van der Waals surface area contributed by atoms with E-state index in [0.717, 1.165) is 51.1 Å². The molecule has 84 heavy (non-hydrogen) atoms. The summed E-state index contributed by atoms with van der Waals surface area (Å²) in [5.41, 5.74) is 6.23. The fraction of sp³-hybridized carbons (Fsp3) is 0.391. The monoisotopic (exact) mass is 1160 g/mol. The van der Waals surface area contributed by atoms with Crippen molar-refractivity contribution in [1.29, 1.82) is 0 Å². The molecule has 18 nitrogen and oxygen atoms in total. The van der Waals surface area contributed by atoms with Crippen LogP contribution in [0.25, 0.3) is 32.5 Å². The number of aryl methyl sites for hydroxylation is 1. The topological polar surface area (TPSA) is 219 Å². The highest BCUT2D eigenvalue weighted by Gasteiger charge is 2.56. The van der Waals surface area contributed by atoms with Gasteiger partial charge in [-0.1, -0.05) is 51.5 Å². The maximum atomic E-state index is 14.1. The van der Waals surface area contributed by atoms with Crippen molar-refractivity contribution >= 4 is 69.1 Å². The molecule has 9 rings (SSSR count). The first-order chi connectivity index (χ1) is 40.3. The molecule has 7 aromatic rings. The van der Waals surface area contributed by atoms with Gasteiger partial charge in [-0.15, -0.1) is 11.3 Å². The zero-order valence-electron chi connectivity index (χ0n) is 48.6. The number of methoxy groups -OCH3 is 1. The Labute approximate surface area is 492 Å². The fourth-order valence-electron chi connectivity index (χ4n) is 10.5. The van der Waals surface area contributed by atoms with Crippen LogP contribution in [0.4, 0.5) is 15.8 Å². The predicted molar refractivity (Wildman–Crippen MR) is 322 cm³/mol. The maximum absolute atomic E-state index is 14.1. The van der Waals surface area contributed by atoms with Crippen molar-refractivity contribution in [3.8, 4) is 38.8 Å². The number of aromatic nitrogens is 4. The van der Waals surface area contributed by atoms with Gasteiger partial charge in [0.2, 0.25) is 35.4 Å². The second kappa shape index (κ2) is 26.4. The van der Waals surface area contributed by atoms with E-state index in [0.29, 0.717) is 98.8 Å². The van der Waals surface area contributed by atoms with Crippen LogP contribution in [0.5, 0.6) is 17.2 Å². The van der Waals surface area contributed by atoms with E-state index in [9.17, 15) is 33.2 Å². The summed E-state index contributed by atoms with van der Waals surface area (Å²) < 4.78 is 27.6. The molecule has 3 aromatic heterocycles. The largest absolute Gasteiger partial charge is 0.496 e. The van der Waals surface area contributed by atoms with Gasteiger partial charge in [-0.05, 0) is 143 Å². The number of halogens is 1. The van der Waals surface area contributed by atoms with Crippen LogP contribution >= 0.6 is 11.3 Å². The van der Waals surface area contributed by atoms with Gasteiger partial charge in [0.1, 0.15) is 40.6 Å². The number of carbonyl (C=O) groups is 6. The minimum Gasteiger partial charge on any atom is -0.496 e. The third kappa shape index (κ3) is 14.3. The maximum Gasteiger partial charge on any atom is 0.246 e. The summed E-state index contributed by atoms with van der Waals surface area (Å²) in [4.78, 5) is 94.0. The van der Waals surface area contributed by atoms with Crippen molar-refractivity contribution in [2.75, 3.05) is 37.4 Å². The van der Waals surface area contributed by atoms with Gasteiger partial charge in [0.15, 0.2) is 0 Å². The standard InChI is InChI=1S/C64H73FN10O8S/c1-8-74(41(3)59(78)67-36-42-14-16-43(17-15-42)57-40(2)68-39-84-57)60(79)58(63(4,5)6)72-55(76)12-10-9-11-13-56(77)73-32-27-48(28-33-73)75-38-44(37-69-75)50-34-52-51(35-54(50)82-7)53(26-31-66-52)83-49-24-22-47(23-25-49)71-62(81)64(29-30-64)61(80)70-46-20-18-45(65)19-21-46/h14-26,31,34-35,37-39,41,48,58H,8-13,27-30,32-33,36H2,1-7H3,(H,67,78)(H,70,80)(H,71,81)(H,72,76)/t41-,58+/m0/s1. The number of amides is 6. The SMILES string of the molecule is CCN(C(=O)[C@@H](NC(=O)CCCCCC(=O)N1CCC(n2cc(-c3cc4nccc(Oc5ccc(NC(=O)C6(C(=O)Nc7ccc(F)cc7)CC6)cc5)c4cc3OC)cn2)CC1)C(C)(C)C)[C@@H](C)C(=O)NCc1ccc(-c2scnc2C)cc1. The van der Waals surface area contributed by atoms with Crippen LogP contribution in [0.2, 0.25) is 0 Å². The number of likely N-dealkylation sites (tertiary alicyclic amines) is 1. The molecule has 1 saturated heterocycles. The van der Waals surface area contributed by atoms with Crippen LogP contribution in [-0.2, 0) is 35.3 Å². The first-order valence-electron chi connectivity index (χ1n) is 28.7. The molecule has 0 radical (unpaired) electrons. The van der Waals surface area contributed by atoms with Crippen LogP contribution in [0.1, 0.15) is 110 Å². The van der Waals surface area contributed by atoms with Gasteiger partial charge in [-0.2, -0.15) is 5.10 Å². The number of piperidine rings is 1. The summed E-state index contributed by atoms with van der Waals surface area (Å²) in [5.74, 6) is -0.371. The molecule has 4 heterocycles. The molecule has 440 valence electrons. The number of fused-ring (bicyclic) bond motifs is 1. The Morgan fingerprint density at radius 3 is 2.12 bits per heavy atom. The summed E-state index contributed by atoms with van der Waals surface area (Å²) >= 11 is 1.59. The lowest BCUT2D eigenvalue weighted by atomic mass is 9.85. The van der Waals surface area contributed by atoms with E-state index >= 15 is 0 Å². The summed E-state index contributed by atoms with van der Waals surface area (Å²) in [6, 6.07) is 24.3. The predicted octanol–water partition coefficient (Wildman–Crippen LogP) is 11.0. The van der Waals surface area contributed by atoms with Gasteiger partial charge in [-0.25, -0.2) is 9.37 Å². The number of nitrogens with zero attached hydrogens (tertiary/aromatic N) is 6.